The molecule has 1 fully saturated rings. The maximum Gasteiger partial charge on any atom is 0.244 e. The van der Waals surface area contributed by atoms with Gasteiger partial charge in [0.1, 0.15) is 25.8 Å². The normalized spacial score (nSPS) is 16.2. The Bertz CT molecular complexity index is 1290. The molecule has 10 heteroatoms. The lowest BCUT2D eigenvalue weighted by molar-refractivity contribution is -0.140. The summed E-state index contributed by atoms with van der Waals surface area (Å²) in [7, 11) is -3.83. The van der Waals surface area contributed by atoms with Crippen molar-refractivity contribution in [3.63, 3.8) is 0 Å². The third-order valence-corrected chi connectivity index (χ3v) is 9.31. The average molecular weight is 572 g/mol. The molecule has 0 spiro atoms. The number of sulfonamides is 1. The van der Waals surface area contributed by atoms with Crippen LogP contribution in [0.4, 0.5) is 5.69 Å². The van der Waals surface area contributed by atoms with Crippen molar-refractivity contribution < 1.29 is 27.5 Å². The van der Waals surface area contributed by atoms with Crippen molar-refractivity contribution in [1.29, 1.82) is 0 Å². The van der Waals surface area contributed by atoms with E-state index in [1.807, 2.05) is 38.1 Å². The van der Waals surface area contributed by atoms with Crippen molar-refractivity contribution in [2.45, 2.75) is 77.9 Å². The molecule has 0 aromatic heterocycles. The molecule has 9 nitrogen and oxygen atoms in total. The Labute approximate surface area is 237 Å². The number of amides is 2. The van der Waals surface area contributed by atoms with Gasteiger partial charge in [0.05, 0.1) is 11.4 Å². The van der Waals surface area contributed by atoms with Gasteiger partial charge in [-0.1, -0.05) is 56.0 Å². The molecule has 0 bridgehead atoms. The number of hydrogen-bond donors (Lipinski definition) is 1. The fourth-order valence-electron chi connectivity index (χ4n) is 5.38. The van der Waals surface area contributed by atoms with Crippen molar-refractivity contribution in [2.75, 3.05) is 29.8 Å². The monoisotopic (exact) mass is 571 g/mol. The van der Waals surface area contributed by atoms with Gasteiger partial charge in [0, 0.05) is 18.7 Å². The topological polar surface area (TPSA) is 105 Å². The Kier molecular flexibility index (Phi) is 9.95. The van der Waals surface area contributed by atoms with Crippen LogP contribution in [0.5, 0.6) is 11.5 Å². The fourth-order valence-corrected chi connectivity index (χ4v) is 6.43. The number of carbonyl (C=O) groups excluding carboxylic acids is 2. The summed E-state index contributed by atoms with van der Waals surface area (Å²) in [4.78, 5) is 29.1. The molecular formula is C30H41N3O6S. The second-order valence-corrected chi connectivity index (χ2v) is 12.7. The van der Waals surface area contributed by atoms with Crippen LogP contribution in [0.2, 0.25) is 0 Å². The predicted molar refractivity (Wildman–Crippen MR) is 155 cm³/mol. The van der Waals surface area contributed by atoms with E-state index in [0.717, 1.165) is 41.1 Å². The second kappa shape index (κ2) is 13.4. The lowest BCUT2D eigenvalue weighted by Crippen LogP contribution is -2.54. The Hall–Kier alpha value is -3.27. The van der Waals surface area contributed by atoms with E-state index in [-0.39, 0.29) is 24.2 Å². The van der Waals surface area contributed by atoms with Crippen LogP contribution in [0.15, 0.2) is 42.5 Å². The Morgan fingerprint density at radius 3 is 2.40 bits per heavy atom. The Morgan fingerprint density at radius 1 is 1.00 bits per heavy atom. The summed E-state index contributed by atoms with van der Waals surface area (Å²) >= 11 is 0. The summed E-state index contributed by atoms with van der Waals surface area (Å²) in [5.74, 6) is 0.134. The van der Waals surface area contributed by atoms with Gasteiger partial charge in [-0.3, -0.25) is 13.9 Å². The smallest absolute Gasteiger partial charge is 0.244 e. The zero-order valence-electron chi connectivity index (χ0n) is 23.7. The van der Waals surface area contributed by atoms with Gasteiger partial charge in [0.15, 0.2) is 11.5 Å². The number of hydrogen-bond acceptors (Lipinski definition) is 6. The minimum atomic E-state index is -3.83. The highest BCUT2D eigenvalue weighted by atomic mass is 32.2. The summed E-state index contributed by atoms with van der Waals surface area (Å²) in [5, 5.41) is 3.17. The molecule has 1 unspecified atom stereocenters. The number of nitrogens with zero attached hydrogens (tertiary/aromatic N) is 2. The van der Waals surface area contributed by atoms with Crippen LogP contribution >= 0.6 is 0 Å². The van der Waals surface area contributed by atoms with Crippen LogP contribution in [0.25, 0.3) is 0 Å². The number of ether oxygens (including phenoxy) is 2. The van der Waals surface area contributed by atoms with Gasteiger partial charge in [-0.2, -0.15) is 0 Å². The summed E-state index contributed by atoms with van der Waals surface area (Å²) in [5.41, 5.74) is 2.23. The molecule has 1 aliphatic carbocycles. The lowest BCUT2D eigenvalue weighted by atomic mass is 9.95. The first-order valence-electron chi connectivity index (χ1n) is 14.3. The zero-order chi connectivity index (χ0) is 28.7. The van der Waals surface area contributed by atoms with E-state index in [9.17, 15) is 18.0 Å². The molecule has 1 heterocycles. The SMILES string of the molecule is CCC(C(=O)NC1CCCCC1)N(Cc1cccc(C)c1)C(=O)CN(c1ccc2c(c1)OCCO2)S(=O)(=O)CC. The molecule has 1 saturated carbocycles. The Morgan fingerprint density at radius 2 is 1.73 bits per heavy atom. The van der Waals surface area contributed by atoms with Gasteiger partial charge in [0.2, 0.25) is 21.8 Å². The van der Waals surface area contributed by atoms with E-state index in [2.05, 4.69) is 5.32 Å². The molecular weight excluding hydrogens is 530 g/mol. The third-order valence-electron chi connectivity index (χ3n) is 7.57. The summed E-state index contributed by atoms with van der Waals surface area (Å²) in [6, 6.07) is 12.0. The van der Waals surface area contributed by atoms with Crippen LogP contribution in [-0.4, -0.2) is 62.7 Å². The largest absolute Gasteiger partial charge is 0.486 e. The van der Waals surface area contributed by atoms with Gasteiger partial charge in [-0.25, -0.2) is 8.42 Å². The van der Waals surface area contributed by atoms with Crippen molar-refractivity contribution in [3.05, 3.63) is 53.6 Å². The Balaban J connectivity index is 1.64. The van der Waals surface area contributed by atoms with E-state index in [1.54, 1.807) is 25.1 Å². The molecule has 1 N–H and O–H groups in total. The van der Waals surface area contributed by atoms with Gasteiger partial charge in [-0.05, 0) is 50.8 Å². The summed E-state index contributed by atoms with van der Waals surface area (Å²) in [6.45, 7) is 5.92. The van der Waals surface area contributed by atoms with Crippen molar-refractivity contribution in [3.8, 4) is 11.5 Å². The van der Waals surface area contributed by atoms with Crippen LogP contribution in [0, 0.1) is 6.92 Å². The average Bonchev–Trinajstić information content (AvgIpc) is 2.96. The van der Waals surface area contributed by atoms with E-state index in [1.165, 1.54) is 11.3 Å². The van der Waals surface area contributed by atoms with E-state index >= 15 is 0 Å². The fraction of sp³-hybridized carbons (Fsp3) is 0.533. The summed E-state index contributed by atoms with van der Waals surface area (Å²) < 4.78 is 38.9. The number of benzene rings is 2. The lowest BCUT2D eigenvalue weighted by Gasteiger charge is -2.34. The zero-order valence-corrected chi connectivity index (χ0v) is 24.5. The minimum Gasteiger partial charge on any atom is -0.486 e. The number of nitrogens with one attached hydrogen (secondary N) is 1. The maximum absolute atomic E-state index is 14.0. The molecule has 0 saturated heterocycles. The van der Waals surface area contributed by atoms with Crippen LogP contribution < -0.4 is 19.1 Å². The van der Waals surface area contributed by atoms with Crippen molar-refractivity contribution in [1.82, 2.24) is 10.2 Å². The van der Waals surface area contributed by atoms with Crippen LogP contribution in [-0.2, 0) is 26.2 Å². The molecule has 2 aromatic rings. The van der Waals surface area contributed by atoms with Gasteiger partial charge in [-0.15, -0.1) is 0 Å². The van der Waals surface area contributed by atoms with Crippen LogP contribution in [0.1, 0.15) is 63.5 Å². The molecule has 2 aromatic carbocycles. The van der Waals surface area contributed by atoms with E-state index in [0.29, 0.717) is 36.8 Å². The van der Waals surface area contributed by atoms with Gasteiger partial charge < -0.3 is 19.7 Å². The predicted octanol–water partition coefficient (Wildman–Crippen LogP) is 4.18. The van der Waals surface area contributed by atoms with Crippen molar-refractivity contribution in [2.24, 2.45) is 0 Å². The first kappa shape index (κ1) is 29.7. The molecule has 2 aliphatic rings. The minimum absolute atomic E-state index is 0.0981. The highest BCUT2D eigenvalue weighted by molar-refractivity contribution is 7.92. The second-order valence-electron chi connectivity index (χ2n) is 10.5. The van der Waals surface area contributed by atoms with E-state index in [4.69, 9.17) is 9.47 Å². The first-order valence-corrected chi connectivity index (χ1v) is 15.9. The number of aryl methyl sites for hydroxylation is 1. The van der Waals surface area contributed by atoms with Gasteiger partial charge in [0.25, 0.3) is 0 Å². The highest BCUT2D eigenvalue weighted by Gasteiger charge is 2.33. The molecule has 1 aliphatic heterocycles. The third kappa shape index (κ3) is 7.27. The highest BCUT2D eigenvalue weighted by Crippen LogP contribution is 2.35. The van der Waals surface area contributed by atoms with Gasteiger partial charge >= 0.3 is 0 Å². The standard InChI is InChI=1S/C30H41N3O6S/c1-4-26(30(35)31-24-12-7-6-8-13-24)32(20-23-11-9-10-22(3)18-23)29(34)21-33(40(36,37)5-2)25-14-15-27-28(19-25)39-17-16-38-27/h9-11,14-15,18-19,24,26H,4-8,12-13,16-17,20-21H2,1-3H3,(H,31,35). The number of anilines is 1. The van der Waals surface area contributed by atoms with E-state index < -0.39 is 28.5 Å². The molecule has 0 radical (unpaired) electrons. The molecule has 2 amide bonds. The van der Waals surface area contributed by atoms with Crippen molar-refractivity contribution >= 4 is 27.5 Å². The van der Waals surface area contributed by atoms with Crippen LogP contribution in [0.3, 0.4) is 0 Å². The maximum atomic E-state index is 14.0. The number of carbonyl (C=O) groups is 2. The molecule has 4 rings (SSSR count). The number of rotatable bonds is 11. The molecule has 218 valence electrons. The first-order chi connectivity index (χ1) is 19.2. The molecule has 40 heavy (non-hydrogen) atoms. The quantitative estimate of drug-likeness (QED) is 0.434. The molecule has 1 atom stereocenters. The number of fused-ring (bicyclic) bond motifs is 1. The summed E-state index contributed by atoms with van der Waals surface area (Å²) in [6.07, 6.45) is 5.59.